The molecule has 0 aromatic heterocycles. The first-order chi connectivity index (χ1) is 10.5. The molecule has 4 bridgehead atoms. The van der Waals surface area contributed by atoms with Crippen molar-refractivity contribution in [1.82, 2.24) is 0 Å². The van der Waals surface area contributed by atoms with Crippen LogP contribution in [0.4, 0.5) is 0 Å². The van der Waals surface area contributed by atoms with E-state index in [1.54, 1.807) is 0 Å². The van der Waals surface area contributed by atoms with E-state index in [0.29, 0.717) is 11.8 Å². The molecule has 4 fully saturated rings. The van der Waals surface area contributed by atoms with Crippen LogP contribution in [0.1, 0.15) is 44.6 Å². The molecule has 4 aliphatic carbocycles. The smallest absolute Gasteiger partial charge is 0.304 e. The molecular weight excluding hydrogens is 296 g/mol. The maximum absolute atomic E-state index is 11.7. The molecule has 0 amide bonds. The SMILES string of the molecule is CC1C2CC3CC1CC(C2)C3(CC(=O)O)c1ccc(Cl)cc1. The van der Waals surface area contributed by atoms with Crippen LogP contribution in [-0.4, -0.2) is 11.1 Å². The van der Waals surface area contributed by atoms with Gasteiger partial charge in [-0.25, -0.2) is 0 Å². The lowest BCUT2D eigenvalue weighted by Crippen LogP contribution is -2.58. The van der Waals surface area contributed by atoms with Crippen molar-refractivity contribution in [2.24, 2.45) is 29.6 Å². The van der Waals surface area contributed by atoms with E-state index in [0.717, 1.165) is 22.8 Å². The Bertz CT molecular complexity index is 562. The first-order valence-corrected chi connectivity index (χ1v) is 8.86. The summed E-state index contributed by atoms with van der Waals surface area (Å²) in [5.41, 5.74) is 1.05. The Morgan fingerprint density at radius 2 is 1.64 bits per heavy atom. The zero-order valence-electron chi connectivity index (χ0n) is 13.0. The zero-order chi connectivity index (χ0) is 15.5. The number of carboxylic acids is 1. The lowest BCUT2D eigenvalue weighted by Gasteiger charge is -2.63. The Balaban J connectivity index is 1.79. The highest BCUT2D eigenvalue weighted by Gasteiger charge is 2.60. The molecule has 0 heterocycles. The van der Waals surface area contributed by atoms with E-state index in [-0.39, 0.29) is 11.8 Å². The number of halogens is 1. The monoisotopic (exact) mass is 318 g/mol. The van der Waals surface area contributed by atoms with Crippen LogP contribution in [0.5, 0.6) is 0 Å². The standard InChI is InChI=1S/C19H23ClO2/c1-11-12-6-15-8-13(11)9-16(7-12)19(15,10-18(21)22)14-2-4-17(20)5-3-14/h2-5,11-13,15-16H,6-10H2,1H3,(H,21,22). The molecule has 1 aromatic carbocycles. The van der Waals surface area contributed by atoms with Gasteiger partial charge in [-0.15, -0.1) is 0 Å². The van der Waals surface area contributed by atoms with E-state index >= 15 is 0 Å². The van der Waals surface area contributed by atoms with E-state index in [1.807, 2.05) is 12.1 Å². The van der Waals surface area contributed by atoms with Crippen LogP contribution in [-0.2, 0) is 10.2 Å². The molecule has 5 rings (SSSR count). The van der Waals surface area contributed by atoms with Crippen molar-refractivity contribution >= 4 is 17.6 Å². The number of benzene rings is 1. The number of aliphatic carboxylic acids is 1. The minimum absolute atomic E-state index is 0.163. The molecule has 1 aromatic rings. The highest BCUT2D eigenvalue weighted by atomic mass is 35.5. The lowest BCUT2D eigenvalue weighted by atomic mass is 9.41. The normalized spacial score (nSPS) is 42.5. The third-order valence-corrected chi connectivity index (χ3v) is 7.37. The molecule has 0 spiro atoms. The number of carbonyl (C=O) groups is 1. The molecule has 0 atom stereocenters. The minimum Gasteiger partial charge on any atom is -0.481 e. The summed E-state index contributed by atoms with van der Waals surface area (Å²) < 4.78 is 0. The van der Waals surface area contributed by atoms with Crippen LogP contribution >= 0.6 is 11.6 Å². The average molecular weight is 319 g/mol. The molecule has 0 aliphatic heterocycles. The Morgan fingerprint density at radius 1 is 1.14 bits per heavy atom. The fourth-order valence-electron chi connectivity index (χ4n) is 6.14. The topological polar surface area (TPSA) is 37.3 Å². The fourth-order valence-corrected chi connectivity index (χ4v) is 6.26. The van der Waals surface area contributed by atoms with Gasteiger partial charge in [0.25, 0.3) is 0 Å². The first-order valence-electron chi connectivity index (χ1n) is 8.48. The molecular formula is C19H23ClO2. The van der Waals surface area contributed by atoms with Gasteiger partial charge < -0.3 is 5.11 Å². The third-order valence-electron chi connectivity index (χ3n) is 7.12. The van der Waals surface area contributed by atoms with Crippen molar-refractivity contribution in [3.05, 3.63) is 34.9 Å². The van der Waals surface area contributed by atoms with Crippen LogP contribution in [0.15, 0.2) is 24.3 Å². The summed E-state index contributed by atoms with van der Waals surface area (Å²) in [6, 6.07) is 8.01. The zero-order valence-corrected chi connectivity index (χ0v) is 13.7. The summed E-state index contributed by atoms with van der Waals surface area (Å²) in [5.74, 6) is 2.87. The Kier molecular flexibility index (Phi) is 3.30. The molecule has 0 radical (unpaired) electrons. The van der Waals surface area contributed by atoms with Gasteiger partial charge in [-0.2, -0.15) is 0 Å². The van der Waals surface area contributed by atoms with Gasteiger partial charge in [0.1, 0.15) is 0 Å². The van der Waals surface area contributed by atoms with Crippen LogP contribution < -0.4 is 0 Å². The molecule has 2 nitrogen and oxygen atoms in total. The van der Waals surface area contributed by atoms with E-state index < -0.39 is 5.97 Å². The van der Waals surface area contributed by atoms with Gasteiger partial charge in [0.05, 0.1) is 6.42 Å². The first kappa shape index (κ1) is 14.6. The second-order valence-electron chi connectivity index (χ2n) is 7.83. The summed E-state index contributed by atoms with van der Waals surface area (Å²) >= 11 is 6.06. The van der Waals surface area contributed by atoms with Gasteiger partial charge in [0, 0.05) is 10.4 Å². The predicted octanol–water partition coefficient (Wildman–Crippen LogP) is 4.75. The Morgan fingerprint density at radius 3 is 2.09 bits per heavy atom. The van der Waals surface area contributed by atoms with Crippen LogP contribution in [0.2, 0.25) is 5.02 Å². The molecule has 4 saturated carbocycles. The van der Waals surface area contributed by atoms with Crippen molar-refractivity contribution in [3.8, 4) is 0 Å². The molecule has 118 valence electrons. The molecule has 22 heavy (non-hydrogen) atoms. The fraction of sp³-hybridized carbons (Fsp3) is 0.632. The summed E-state index contributed by atoms with van der Waals surface area (Å²) in [7, 11) is 0. The summed E-state index contributed by atoms with van der Waals surface area (Å²) in [5, 5.41) is 10.3. The van der Waals surface area contributed by atoms with Gasteiger partial charge in [0.15, 0.2) is 0 Å². The maximum Gasteiger partial charge on any atom is 0.304 e. The number of hydrogen-bond donors (Lipinski definition) is 1. The summed E-state index contributed by atoms with van der Waals surface area (Å²) in [6.07, 6.45) is 5.13. The largest absolute Gasteiger partial charge is 0.481 e. The summed E-state index contributed by atoms with van der Waals surface area (Å²) in [6.45, 7) is 2.41. The molecule has 1 N–H and O–H groups in total. The van der Waals surface area contributed by atoms with Crippen LogP contribution in [0, 0.1) is 29.6 Å². The van der Waals surface area contributed by atoms with E-state index in [4.69, 9.17) is 11.6 Å². The summed E-state index contributed by atoms with van der Waals surface area (Å²) in [4.78, 5) is 11.7. The van der Waals surface area contributed by atoms with Crippen molar-refractivity contribution in [2.75, 3.05) is 0 Å². The van der Waals surface area contributed by atoms with E-state index in [2.05, 4.69) is 19.1 Å². The van der Waals surface area contributed by atoms with E-state index in [9.17, 15) is 9.90 Å². The van der Waals surface area contributed by atoms with Crippen molar-refractivity contribution < 1.29 is 9.90 Å². The minimum atomic E-state index is -0.657. The second-order valence-corrected chi connectivity index (χ2v) is 8.27. The average Bonchev–Trinajstić information content (AvgIpc) is 2.45. The van der Waals surface area contributed by atoms with Crippen molar-refractivity contribution in [1.29, 1.82) is 0 Å². The van der Waals surface area contributed by atoms with Gasteiger partial charge in [0.2, 0.25) is 0 Å². The number of rotatable bonds is 3. The van der Waals surface area contributed by atoms with Crippen LogP contribution in [0.25, 0.3) is 0 Å². The number of hydrogen-bond acceptors (Lipinski definition) is 1. The van der Waals surface area contributed by atoms with E-state index in [1.165, 1.54) is 31.2 Å². The lowest BCUT2D eigenvalue weighted by molar-refractivity contribution is -0.147. The molecule has 3 heteroatoms. The van der Waals surface area contributed by atoms with Crippen molar-refractivity contribution in [3.63, 3.8) is 0 Å². The Labute approximate surface area is 136 Å². The highest BCUT2D eigenvalue weighted by molar-refractivity contribution is 6.30. The molecule has 4 aliphatic rings. The Hall–Kier alpha value is -1.02. The van der Waals surface area contributed by atoms with Crippen molar-refractivity contribution in [2.45, 2.75) is 44.4 Å². The predicted molar refractivity (Wildman–Crippen MR) is 87.0 cm³/mol. The quantitative estimate of drug-likeness (QED) is 0.872. The molecule has 0 saturated heterocycles. The van der Waals surface area contributed by atoms with Gasteiger partial charge >= 0.3 is 5.97 Å². The van der Waals surface area contributed by atoms with Gasteiger partial charge in [-0.1, -0.05) is 30.7 Å². The third kappa shape index (κ3) is 1.96. The molecule has 0 unspecified atom stereocenters. The van der Waals surface area contributed by atoms with Gasteiger partial charge in [-0.3, -0.25) is 4.79 Å². The highest BCUT2D eigenvalue weighted by Crippen LogP contribution is 2.65. The van der Waals surface area contributed by atoms with Gasteiger partial charge in [-0.05, 0) is 73.0 Å². The number of carboxylic acid groups (broad SMARTS) is 1. The maximum atomic E-state index is 11.7. The second kappa shape index (κ2) is 4.99. The van der Waals surface area contributed by atoms with Crippen LogP contribution in [0.3, 0.4) is 0 Å².